The fourth-order valence-corrected chi connectivity index (χ4v) is 4.48. The third-order valence-corrected chi connectivity index (χ3v) is 5.74. The van der Waals surface area contributed by atoms with Crippen molar-refractivity contribution in [1.29, 1.82) is 0 Å². The number of hydrogen-bond donors (Lipinski definition) is 1. The molecular formula is C18H26BrNO. The van der Waals surface area contributed by atoms with Crippen molar-refractivity contribution in [3.05, 3.63) is 28.2 Å². The van der Waals surface area contributed by atoms with Gasteiger partial charge in [-0.3, -0.25) is 0 Å². The first kappa shape index (κ1) is 15.4. The highest BCUT2D eigenvalue weighted by Gasteiger charge is 2.41. The SMILES string of the molecule is CCCC1CCCC2(CC1)CC(N)c1ccc(Br)cc1O2. The molecule has 2 N–H and O–H groups in total. The van der Waals surface area contributed by atoms with Crippen LogP contribution < -0.4 is 10.5 Å². The summed E-state index contributed by atoms with van der Waals surface area (Å²) in [5, 5.41) is 0. The van der Waals surface area contributed by atoms with Crippen LogP contribution in [0.3, 0.4) is 0 Å². The highest BCUT2D eigenvalue weighted by Crippen LogP contribution is 2.46. The maximum absolute atomic E-state index is 6.51. The average molecular weight is 352 g/mol. The molecule has 1 heterocycles. The van der Waals surface area contributed by atoms with Crippen molar-refractivity contribution >= 4 is 15.9 Å². The molecule has 3 unspecified atom stereocenters. The van der Waals surface area contributed by atoms with Crippen molar-refractivity contribution < 1.29 is 4.74 Å². The Balaban J connectivity index is 1.80. The monoisotopic (exact) mass is 351 g/mol. The molecule has 2 aliphatic rings. The first-order chi connectivity index (χ1) is 10.1. The van der Waals surface area contributed by atoms with Crippen molar-refractivity contribution in [3.63, 3.8) is 0 Å². The lowest BCUT2D eigenvalue weighted by molar-refractivity contribution is 0.0202. The van der Waals surface area contributed by atoms with Gasteiger partial charge in [0.1, 0.15) is 11.4 Å². The normalized spacial score (nSPS) is 32.3. The van der Waals surface area contributed by atoms with Gasteiger partial charge in [0.2, 0.25) is 0 Å². The lowest BCUT2D eigenvalue weighted by Crippen LogP contribution is -2.42. The first-order valence-electron chi connectivity index (χ1n) is 8.36. The predicted molar refractivity (Wildman–Crippen MR) is 90.5 cm³/mol. The number of ether oxygens (including phenoxy) is 1. The highest BCUT2D eigenvalue weighted by molar-refractivity contribution is 9.10. The molecule has 3 atom stereocenters. The second kappa shape index (κ2) is 6.29. The maximum Gasteiger partial charge on any atom is 0.126 e. The Bertz CT molecular complexity index is 504. The topological polar surface area (TPSA) is 35.2 Å². The molecule has 0 aromatic heterocycles. The first-order valence-corrected chi connectivity index (χ1v) is 9.15. The van der Waals surface area contributed by atoms with Crippen molar-refractivity contribution in [1.82, 2.24) is 0 Å². The van der Waals surface area contributed by atoms with E-state index < -0.39 is 0 Å². The molecule has 0 radical (unpaired) electrons. The van der Waals surface area contributed by atoms with E-state index in [9.17, 15) is 0 Å². The summed E-state index contributed by atoms with van der Waals surface area (Å²) >= 11 is 3.55. The molecular weight excluding hydrogens is 326 g/mol. The van der Waals surface area contributed by atoms with Crippen LogP contribution in [0.15, 0.2) is 22.7 Å². The minimum atomic E-state index is -0.0182. The Morgan fingerprint density at radius 2 is 2.19 bits per heavy atom. The Labute approximate surface area is 136 Å². The summed E-state index contributed by atoms with van der Waals surface area (Å²) in [6.45, 7) is 2.29. The van der Waals surface area contributed by atoms with Crippen molar-refractivity contribution in [2.75, 3.05) is 0 Å². The summed E-state index contributed by atoms with van der Waals surface area (Å²) in [6, 6.07) is 6.37. The fourth-order valence-electron chi connectivity index (χ4n) is 4.14. The molecule has 0 amide bonds. The molecule has 21 heavy (non-hydrogen) atoms. The summed E-state index contributed by atoms with van der Waals surface area (Å²) in [5.74, 6) is 1.88. The van der Waals surface area contributed by atoms with E-state index in [1.807, 2.05) is 0 Å². The lowest BCUT2D eigenvalue weighted by atomic mass is 9.82. The molecule has 1 saturated carbocycles. The second-order valence-electron chi connectivity index (χ2n) is 6.86. The van der Waals surface area contributed by atoms with Gasteiger partial charge in [0.15, 0.2) is 0 Å². The molecule has 116 valence electrons. The van der Waals surface area contributed by atoms with Crippen LogP contribution >= 0.6 is 15.9 Å². The molecule has 1 aliphatic carbocycles. The number of rotatable bonds is 2. The van der Waals surface area contributed by atoms with Crippen molar-refractivity contribution in [2.24, 2.45) is 11.7 Å². The summed E-state index contributed by atoms with van der Waals surface area (Å²) in [5.41, 5.74) is 7.60. The van der Waals surface area contributed by atoms with E-state index in [-0.39, 0.29) is 11.6 Å². The Morgan fingerprint density at radius 1 is 1.33 bits per heavy atom. The Morgan fingerprint density at radius 3 is 3.00 bits per heavy atom. The molecule has 0 bridgehead atoms. The lowest BCUT2D eigenvalue weighted by Gasteiger charge is -2.41. The fraction of sp³-hybridized carbons (Fsp3) is 0.667. The molecule has 1 aliphatic heterocycles. The number of hydrogen-bond acceptors (Lipinski definition) is 2. The van der Waals surface area contributed by atoms with Crippen LogP contribution in [0.5, 0.6) is 5.75 Å². The largest absolute Gasteiger partial charge is 0.487 e. The van der Waals surface area contributed by atoms with E-state index in [1.165, 1.54) is 32.1 Å². The van der Waals surface area contributed by atoms with Gasteiger partial charge in [-0.05, 0) is 43.7 Å². The van der Waals surface area contributed by atoms with Gasteiger partial charge in [0.25, 0.3) is 0 Å². The van der Waals surface area contributed by atoms with Crippen LogP contribution in [-0.4, -0.2) is 5.60 Å². The number of benzene rings is 1. The van der Waals surface area contributed by atoms with Crippen LogP contribution in [0.1, 0.15) is 69.9 Å². The van der Waals surface area contributed by atoms with E-state index in [4.69, 9.17) is 10.5 Å². The standard InChI is InChI=1S/C18H26BrNO/c1-2-4-13-5-3-9-18(10-8-13)12-16(20)15-7-6-14(19)11-17(15)21-18/h6-7,11,13,16H,2-5,8-10,12,20H2,1H3. The third kappa shape index (κ3) is 3.29. The zero-order chi connectivity index (χ0) is 14.9. The highest BCUT2D eigenvalue weighted by atomic mass is 79.9. The van der Waals surface area contributed by atoms with Crippen LogP contribution in [0.4, 0.5) is 0 Å². The molecule has 3 rings (SSSR count). The third-order valence-electron chi connectivity index (χ3n) is 5.24. The van der Waals surface area contributed by atoms with Gasteiger partial charge in [-0.2, -0.15) is 0 Å². The van der Waals surface area contributed by atoms with Gasteiger partial charge in [-0.15, -0.1) is 0 Å². The summed E-state index contributed by atoms with van der Waals surface area (Å²) in [7, 11) is 0. The summed E-state index contributed by atoms with van der Waals surface area (Å²) < 4.78 is 7.58. The molecule has 3 heteroatoms. The van der Waals surface area contributed by atoms with Crippen LogP contribution in [0.2, 0.25) is 0 Å². The zero-order valence-corrected chi connectivity index (χ0v) is 14.5. The van der Waals surface area contributed by atoms with Gasteiger partial charge in [-0.25, -0.2) is 0 Å². The van der Waals surface area contributed by atoms with Crippen LogP contribution in [0, 0.1) is 5.92 Å². The average Bonchev–Trinajstić information content (AvgIpc) is 2.62. The second-order valence-corrected chi connectivity index (χ2v) is 7.78. The van der Waals surface area contributed by atoms with Crippen LogP contribution in [0.25, 0.3) is 0 Å². The van der Waals surface area contributed by atoms with Gasteiger partial charge >= 0.3 is 0 Å². The quantitative estimate of drug-likeness (QED) is 0.779. The van der Waals surface area contributed by atoms with E-state index in [0.717, 1.165) is 41.0 Å². The molecule has 2 nitrogen and oxygen atoms in total. The number of halogens is 1. The van der Waals surface area contributed by atoms with E-state index >= 15 is 0 Å². The van der Waals surface area contributed by atoms with Gasteiger partial charge in [-0.1, -0.05) is 48.2 Å². The van der Waals surface area contributed by atoms with Gasteiger partial charge in [0, 0.05) is 22.5 Å². The van der Waals surface area contributed by atoms with E-state index in [2.05, 4.69) is 41.1 Å². The molecule has 1 spiro atoms. The Hall–Kier alpha value is -0.540. The number of fused-ring (bicyclic) bond motifs is 1. The molecule has 1 fully saturated rings. The molecule has 1 aromatic rings. The van der Waals surface area contributed by atoms with Crippen molar-refractivity contribution in [3.8, 4) is 5.75 Å². The van der Waals surface area contributed by atoms with Gasteiger partial charge < -0.3 is 10.5 Å². The van der Waals surface area contributed by atoms with E-state index in [0.29, 0.717) is 0 Å². The summed E-state index contributed by atoms with van der Waals surface area (Å²) in [6.07, 6.45) is 9.90. The van der Waals surface area contributed by atoms with Crippen molar-refractivity contribution in [2.45, 2.75) is 69.9 Å². The predicted octanol–water partition coefficient (Wildman–Crippen LogP) is 5.35. The molecule has 1 aromatic carbocycles. The summed E-state index contributed by atoms with van der Waals surface area (Å²) in [4.78, 5) is 0. The van der Waals surface area contributed by atoms with Crippen LogP contribution in [-0.2, 0) is 0 Å². The minimum Gasteiger partial charge on any atom is -0.487 e. The van der Waals surface area contributed by atoms with Gasteiger partial charge in [0.05, 0.1) is 0 Å². The smallest absolute Gasteiger partial charge is 0.126 e. The minimum absolute atomic E-state index is 0.0182. The zero-order valence-electron chi connectivity index (χ0n) is 12.9. The Kier molecular flexibility index (Phi) is 4.60. The number of nitrogens with two attached hydrogens (primary N) is 1. The van der Waals surface area contributed by atoms with E-state index in [1.54, 1.807) is 0 Å². The molecule has 0 saturated heterocycles. The maximum atomic E-state index is 6.51.